The molecule has 0 spiro atoms. The highest BCUT2D eigenvalue weighted by atomic mass is 16.6. The van der Waals surface area contributed by atoms with Crippen molar-refractivity contribution in [3.05, 3.63) is 46.3 Å². The number of aryl methyl sites for hydroxylation is 1. The molecule has 2 aromatic rings. The SMILES string of the molecule is CCc1ccc(Oc2ncnc(N(C)C)c2[N+](=O)[O-])cc1. The van der Waals surface area contributed by atoms with Crippen LogP contribution in [0.3, 0.4) is 0 Å². The van der Waals surface area contributed by atoms with E-state index in [1.165, 1.54) is 6.33 Å². The van der Waals surface area contributed by atoms with E-state index in [0.717, 1.165) is 12.0 Å². The second kappa shape index (κ2) is 6.17. The zero-order valence-corrected chi connectivity index (χ0v) is 12.1. The number of nitrogens with zero attached hydrogens (tertiary/aromatic N) is 4. The first-order valence-electron chi connectivity index (χ1n) is 6.46. The van der Waals surface area contributed by atoms with Gasteiger partial charge in [0.1, 0.15) is 12.1 Å². The molecule has 0 amide bonds. The van der Waals surface area contributed by atoms with Gasteiger partial charge in [0.2, 0.25) is 5.82 Å². The first-order valence-corrected chi connectivity index (χ1v) is 6.46. The van der Waals surface area contributed by atoms with E-state index in [0.29, 0.717) is 5.75 Å². The summed E-state index contributed by atoms with van der Waals surface area (Å²) < 4.78 is 5.54. The fourth-order valence-electron chi connectivity index (χ4n) is 1.82. The van der Waals surface area contributed by atoms with Crippen LogP contribution in [0.4, 0.5) is 11.5 Å². The monoisotopic (exact) mass is 288 g/mol. The van der Waals surface area contributed by atoms with Gasteiger partial charge in [-0.3, -0.25) is 10.1 Å². The van der Waals surface area contributed by atoms with Crippen molar-refractivity contribution in [1.29, 1.82) is 0 Å². The smallest absolute Gasteiger partial charge is 0.373 e. The number of benzene rings is 1. The molecule has 1 aromatic heterocycles. The van der Waals surface area contributed by atoms with Gasteiger partial charge < -0.3 is 9.64 Å². The normalized spacial score (nSPS) is 10.2. The zero-order chi connectivity index (χ0) is 15.4. The van der Waals surface area contributed by atoms with Gasteiger partial charge in [0.05, 0.1) is 4.92 Å². The van der Waals surface area contributed by atoms with Crippen LogP contribution in [0.1, 0.15) is 12.5 Å². The maximum atomic E-state index is 11.3. The minimum atomic E-state index is -0.537. The van der Waals surface area contributed by atoms with Gasteiger partial charge in [-0.05, 0) is 24.1 Å². The lowest BCUT2D eigenvalue weighted by molar-refractivity contribution is -0.385. The van der Waals surface area contributed by atoms with Crippen molar-refractivity contribution >= 4 is 11.5 Å². The van der Waals surface area contributed by atoms with Crippen molar-refractivity contribution in [1.82, 2.24) is 9.97 Å². The molecule has 0 radical (unpaired) electrons. The molecule has 0 saturated heterocycles. The number of nitro groups is 1. The molecule has 1 aromatic carbocycles. The summed E-state index contributed by atoms with van der Waals surface area (Å²) in [6.07, 6.45) is 2.16. The molecule has 0 atom stereocenters. The lowest BCUT2D eigenvalue weighted by Crippen LogP contribution is -2.14. The predicted molar refractivity (Wildman–Crippen MR) is 78.9 cm³/mol. The highest BCUT2D eigenvalue weighted by Crippen LogP contribution is 2.35. The topological polar surface area (TPSA) is 81.4 Å². The van der Waals surface area contributed by atoms with Crippen molar-refractivity contribution in [2.75, 3.05) is 19.0 Å². The van der Waals surface area contributed by atoms with Gasteiger partial charge in [-0.1, -0.05) is 19.1 Å². The minimum absolute atomic E-state index is 0.0667. The highest BCUT2D eigenvalue weighted by molar-refractivity contribution is 5.62. The molecule has 0 saturated carbocycles. The Hall–Kier alpha value is -2.70. The molecular weight excluding hydrogens is 272 g/mol. The Bertz CT molecular complexity index is 641. The van der Waals surface area contributed by atoms with E-state index in [4.69, 9.17) is 4.74 Å². The molecule has 0 unspecified atom stereocenters. The van der Waals surface area contributed by atoms with Crippen LogP contribution < -0.4 is 9.64 Å². The molecule has 0 bridgehead atoms. The van der Waals surface area contributed by atoms with Crippen LogP contribution in [0.25, 0.3) is 0 Å². The summed E-state index contributed by atoms with van der Waals surface area (Å²) in [7, 11) is 3.35. The van der Waals surface area contributed by atoms with Gasteiger partial charge in [0.25, 0.3) is 0 Å². The van der Waals surface area contributed by atoms with Crippen LogP contribution in [0.2, 0.25) is 0 Å². The first-order chi connectivity index (χ1) is 10.0. The zero-order valence-electron chi connectivity index (χ0n) is 12.1. The average molecular weight is 288 g/mol. The Kier molecular flexibility index (Phi) is 4.32. The number of rotatable bonds is 5. The van der Waals surface area contributed by atoms with Crippen LogP contribution in [0.15, 0.2) is 30.6 Å². The third-order valence-electron chi connectivity index (χ3n) is 2.92. The van der Waals surface area contributed by atoms with Gasteiger partial charge >= 0.3 is 11.6 Å². The van der Waals surface area contributed by atoms with Crippen LogP contribution in [-0.4, -0.2) is 29.0 Å². The van der Waals surface area contributed by atoms with E-state index in [9.17, 15) is 10.1 Å². The molecule has 0 aliphatic carbocycles. The number of aromatic nitrogens is 2. The molecule has 0 N–H and O–H groups in total. The number of ether oxygens (including phenoxy) is 1. The number of anilines is 1. The van der Waals surface area contributed by atoms with Gasteiger partial charge in [-0.2, -0.15) is 4.98 Å². The molecule has 7 heteroatoms. The van der Waals surface area contributed by atoms with Gasteiger partial charge in [0, 0.05) is 14.1 Å². The van der Waals surface area contributed by atoms with E-state index in [2.05, 4.69) is 16.9 Å². The van der Waals surface area contributed by atoms with Crippen molar-refractivity contribution in [3.8, 4) is 11.6 Å². The molecular formula is C14H16N4O3. The fourth-order valence-corrected chi connectivity index (χ4v) is 1.82. The van der Waals surface area contributed by atoms with Gasteiger partial charge in [-0.15, -0.1) is 0 Å². The second-order valence-electron chi connectivity index (χ2n) is 4.60. The summed E-state index contributed by atoms with van der Waals surface area (Å²) in [5.74, 6) is 0.636. The molecule has 7 nitrogen and oxygen atoms in total. The van der Waals surface area contributed by atoms with Crippen LogP contribution in [-0.2, 0) is 6.42 Å². The molecule has 0 aliphatic heterocycles. The van der Waals surface area contributed by atoms with E-state index >= 15 is 0 Å². The number of hydrogen-bond donors (Lipinski definition) is 0. The molecule has 0 fully saturated rings. The van der Waals surface area contributed by atoms with Crippen molar-refractivity contribution < 1.29 is 9.66 Å². The second-order valence-corrected chi connectivity index (χ2v) is 4.60. The maximum Gasteiger partial charge on any atom is 0.373 e. The Morgan fingerprint density at radius 1 is 1.24 bits per heavy atom. The van der Waals surface area contributed by atoms with Crippen molar-refractivity contribution in [2.24, 2.45) is 0 Å². The fraction of sp³-hybridized carbons (Fsp3) is 0.286. The highest BCUT2D eigenvalue weighted by Gasteiger charge is 2.26. The van der Waals surface area contributed by atoms with Crippen LogP contribution in [0.5, 0.6) is 11.6 Å². The average Bonchev–Trinajstić information content (AvgIpc) is 2.47. The predicted octanol–water partition coefficient (Wildman–Crippen LogP) is 2.81. The molecule has 21 heavy (non-hydrogen) atoms. The summed E-state index contributed by atoms with van der Waals surface area (Å²) in [4.78, 5) is 20.1. The summed E-state index contributed by atoms with van der Waals surface area (Å²) >= 11 is 0. The van der Waals surface area contributed by atoms with Gasteiger partial charge in [-0.25, -0.2) is 4.98 Å². The third kappa shape index (κ3) is 3.25. The van der Waals surface area contributed by atoms with Gasteiger partial charge in [0.15, 0.2) is 0 Å². The van der Waals surface area contributed by atoms with Crippen LogP contribution >= 0.6 is 0 Å². The number of hydrogen-bond acceptors (Lipinski definition) is 6. The Balaban J connectivity index is 2.38. The van der Waals surface area contributed by atoms with E-state index < -0.39 is 4.92 Å². The maximum absolute atomic E-state index is 11.3. The summed E-state index contributed by atoms with van der Waals surface area (Å²) in [5, 5.41) is 11.3. The molecule has 1 heterocycles. The minimum Gasteiger partial charge on any atom is -0.434 e. The van der Waals surface area contributed by atoms with E-state index in [-0.39, 0.29) is 17.4 Å². The van der Waals surface area contributed by atoms with Crippen LogP contribution in [0, 0.1) is 10.1 Å². The summed E-state index contributed by atoms with van der Waals surface area (Å²) in [6.45, 7) is 2.05. The first kappa shape index (κ1) is 14.7. The standard InChI is InChI=1S/C14H16N4O3/c1-4-10-5-7-11(8-6-10)21-14-12(18(19)20)13(17(2)3)15-9-16-14/h5-9H,4H2,1-3H3. The largest absolute Gasteiger partial charge is 0.434 e. The summed E-state index contributed by atoms with van der Waals surface area (Å²) in [6, 6.07) is 7.35. The third-order valence-corrected chi connectivity index (χ3v) is 2.92. The Labute approximate surface area is 122 Å². The lowest BCUT2D eigenvalue weighted by Gasteiger charge is -2.12. The Morgan fingerprint density at radius 3 is 2.43 bits per heavy atom. The van der Waals surface area contributed by atoms with Crippen molar-refractivity contribution in [2.45, 2.75) is 13.3 Å². The summed E-state index contributed by atoms with van der Waals surface area (Å²) in [5.41, 5.74) is 0.913. The molecule has 2 rings (SSSR count). The van der Waals surface area contributed by atoms with Crippen molar-refractivity contribution in [3.63, 3.8) is 0 Å². The Morgan fingerprint density at radius 2 is 1.90 bits per heavy atom. The quantitative estimate of drug-likeness (QED) is 0.621. The molecule has 110 valence electrons. The lowest BCUT2D eigenvalue weighted by atomic mass is 10.2. The molecule has 0 aliphatic rings. The van der Waals surface area contributed by atoms with E-state index in [1.54, 1.807) is 31.1 Å². The van der Waals surface area contributed by atoms with E-state index in [1.807, 2.05) is 12.1 Å².